The zero-order valence-corrected chi connectivity index (χ0v) is 11.6. The molecule has 0 aromatic carbocycles. The van der Waals surface area contributed by atoms with Gasteiger partial charge < -0.3 is 25.2 Å². The Morgan fingerprint density at radius 1 is 1.00 bits per heavy atom. The Kier molecular flexibility index (Phi) is 7.51. The van der Waals surface area contributed by atoms with Crippen molar-refractivity contribution in [2.24, 2.45) is 0 Å². The molecule has 0 aliphatic carbocycles. The molecule has 2 unspecified atom stereocenters. The fourth-order valence-corrected chi connectivity index (χ4v) is 3.12. The van der Waals surface area contributed by atoms with E-state index in [2.05, 4.69) is 6.92 Å². The van der Waals surface area contributed by atoms with Gasteiger partial charge in [0.1, 0.15) is 29.9 Å². The Balaban J connectivity index is 2.35. The molecule has 5 atom stereocenters. The van der Waals surface area contributed by atoms with Gasteiger partial charge in [-0.1, -0.05) is 26.2 Å². The first-order valence-electron chi connectivity index (χ1n) is 6.54. The molecule has 1 saturated heterocycles. The van der Waals surface area contributed by atoms with Gasteiger partial charge in [0, 0.05) is 0 Å². The lowest BCUT2D eigenvalue weighted by molar-refractivity contribution is -0.205. The molecule has 0 amide bonds. The van der Waals surface area contributed by atoms with E-state index in [-0.39, 0.29) is 6.61 Å². The van der Waals surface area contributed by atoms with Crippen LogP contribution in [0.5, 0.6) is 0 Å². The SMILES string of the molecule is CCCCCCS[C@@H]1OC(CO)[C@@H](O)[C@H](O)C1O. The van der Waals surface area contributed by atoms with Crippen LogP contribution in [0.2, 0.25) is 0 Å². The van der Waals surface area contributed by atoms with Gasteiger partial charge in [-0.2, -0.15) is 0 Å². The summed E-state index contributed by atoms with van der Waals surface area (Å²) in [6.45, 7) is 1.78. The number of hydrogen-bond donors (Lipinski definition) is 4. The minimum atomic E-state index is -1.26. The molecule has 5 nitrogen and oxygen atoms in total. The predicted octanol–water partition coefficient (Wildman–Crippen LogP) is 0.0998. The van der Waals surface area contributed by atoms with Gasteiger partial charge in [-0.25, -0.2) is 0 Å². The van der Waals surface area contributed by atoms with Crippen LogP contribution < -0.4 is 0 Å². The highest BCUT2D eigenvalue weighted by molar-refractivity contribution is 7.99. The molecule has 0 aromatic rings. The average Bonchev–Trinajstić information content (AvgIpc) is 2.38. The molecule has 18 heavy (non-hydrogen) atoms. The minimum absolute atomic E-state index is 0.363. The largest absolute Gasteiger partial charge is 0.394 e. The van der Waals surface area contributed by atoms with Gasteiger partial charge in [0.15, 0.2) is 0 Å². The van der Waals surface area contributed by atoms with E-state index >= 15 is 0 Å². The Bertz CT molecular complexity index is 227. The third-order valence-electron chi connectivity index (χ3n) is 3.13. The van der Waals surface area contributed by atoms with E-state index in [1.807, 2.05) is 0 Å². The van der Waals surface area contributed by atoms with Crippen LogP contribution in [0.3, 0.4) is 0 Å². The molecular weight excluding hydrogens is 256 g/mol. The van der Waals surface area contributed by atoms with Gasteiger partial charge in [-0.15, -0.1) is 11.8 Å². The van der Waals surface area contributed by atoms with Crippen molar-refractivity contribution < 1.29 is 25.2 Å². The number of aliphatic hydroxyl groups excluding tert-OH is 4. The van der Waals surface area contributed by atoms with E-state index in [0.29, 0.717) is 0 Å². The normalized spacial score (nSPS) is 36.8. The summed E-state index contributed by atoms with van der Waals surface area (Å²) < 4.78 is 5.39. The van der Waals surface area contributed by atoms with Gasteiger partial charge in [0.25, 0.3) is 0 Å². The van der Waals surface area contributed by atoms with Crippen LogP contribution in [0.15, 0.2) is 0 Å². The van der Waals surface area contributed by atoms with Crippen molar-refractivity contribution >= 4 is 11.8 Å². The molecule has 1 rings (SSSR count). The van der Waals surface area contributed by atoms with Crippen LogP contribution >= 0.6 is 11.8 Å². The maximum Gasteiger partial charge on any atom is 0.132 e. The Morgan fingerprint density at radius 2 is 1.72 bits per heavy atom. The fraction of sp³-hybridized carbons (Fsp3) is 1.00. The number of thioether (sulfide) groups is 1. The second-order valence-corrected chi connectivity index (χ2v) is 5.83. The summed E-state index contributed by atoms with van der Waals surface area (Å²) in [5.41, 5.74) is -0.581. The summed E-state index contributed by atoms with van der Waals surface area (Å²) in [7, 11) is 0. The zero-order chi connectivity index (χ0) is 13.5. The standard InChI is InChI=1S/C12H24O5S/c1-2-3-4-5-6-18-12-11(16)10(15)9(14)8(7-13)17-12/h8-16H,2-7H2,1H3/t8?,9-,10+,11?,12+/m1/s1. The van der Waals surface area contributed by atoms with Crippen LogP contribution in [0.1, 0.15) is 32.6 Å². The number of aliphatic hydroxyl groups is 4. The predicted molar refractivity (Wildman–Crippen MR) is 70.4 cm³/mol. The quantitative estimate of drug-likeness (QED) is 0.495. The molecular formula is C12H24O5S. The lowest BCUT2D eigenvalue weighted by Gasteiger charge is -2.39. The second kappa shape index (κ2) is 8.35. The molecule has 6 heteroatoms. The highest BCUT2D eigenvalue weighted by atomic mass is 32.2. The summed E-state index contributed by atoms with van der Waals surface area (Å²) in [5, 5.41) is 38.0. The minimum Gasteiger partial charge on any atom is -0.394 e. The summed E-state index contributed by atoms with van der Waals surface area (Å²) >= 11 is 1.43. The topological polar surface area (TPSA) is 90.2 Å². The molecule has 0 bridgehead atoms. The van der Waals surface area contributed by atoms with E-state index in [0.717, 1.165) is 18.6 Å². The first-order chi connectivity index (χ1) is 8.61. The average molecular weight is 280 g/mol. The van der Waals surface area contributed by atoms with Crippen molar-refractivity contribution in [3.8, 4) is 0 Å². The van der Waals surface area contributed by atoms with E-state index in [9.17, 15) is 15.3 Å². The van der Waals surface area contributed by atoms with Crippen molar-refractivity contribution in [2.45, 2.75) is 62.5 Å². The first kappa shape index (κ1) is 16.2. The van der Waals surface area contributed by atoms with Gasteiger partial charge in [0.2, 0.25) is 0 Å². The van der Waals surface area contributed by atoms with Crippen molar-refractivity contribution in [1.82, 2.24) is 0 Å². The van der Waals surface area contributed by atoms with Crippen molar-refractivity contribution in [2.75, 3.05) is 12.4 Å². The van der Waals surface area contributed by atoms with E-state index in [1.54, 1.807) is 0 Å². The highest BCUT2D eigenvalue weighted by Crippen LogP contribution is 2.29. The zero-order valence-electron chi connectivity index (χ0n) is 10.7. The third-order valence-corrected chi connectivity index (χ3v) is 4.37. The third kappa shape index (κ3) is 4.36. The van der Waals surface area contributed by atoms with Crippen LogP contribution in [0, 0.1) is 0 Å². The lowest BCUT2D eigenvalue weighted by Crippen LogP contribution is -2.57. The molecule has 0 saturated carbocycles. The second-order valence-electron chi connectivity index (χ2n) is 4.63. The summed E-state index contributed by atoms with van der Waals surface area (Å²) in [6, 6.07) is 0. The molecule has 1 fully saturated rings. The van der Waals surface area contributed by atoms with E-state index in [1.165, 1.54) is 24.6 Å². The molecule has 0 aromatic heterocycles. The molecule has 4 N–H and O–H groups in total. The monoisotopic (exact) mass is 280 g/mol. The first-order valence-corrected chi connectivity index (χ1v) is 7.58. The van der Waals surface area contributed by atoms with Gasteiger partial charge >= 0.3 is 0 Å². The van der Waals surface area contributed by atoms with Gasteiger partial charge in [0.05, 0.1) is 6.61 Å². The summed E-state index contributed by atoms with van der Waals surface area (Å²) in [5.74, 6) is 0.836. The Hall–Kier alpha value is 0.150. The molecule has 1 heterocycles. The van der Waals surface area contributed by atoms with E-state index < -0.39 is 29.9 Å². The van der Waals surface area contributed by atoms with E-state index in [4.69, 9.17) is 9.84 Å². The Labute approximate surface area is 112 Å². The van der Waals surface area contributed by atoms with Crippen LogP contribution in [-0.4, -0.2) is 62.6 Å². The summed E-state index contributed by atoms with van der Waals surface area (Å²) in [4.78, 5) is 0. The van der Waals surface area contributed by atoms with Crippen LogP contribution in [0.4, 0.5) is 0 Å². The van der Waals surface area contributed by atoms with Crippen LogP contribution in [0.25, 0.3) is 0 Å². The number of hydrogen-bond acceptors (Lipinski definition) is 6. The lowest BCUT2D eigenvalue weighted by atomic mass is 10.0. The van der Waals surface area contributed by atoms with Crippen molar-refractivity contribution in [3.05, 3.63) is 0 Å². The van der Waals surface area contributed by atoms with Gasteiger partial charge in [-0.05, 0) is 12.2 Å². The maximum atomic E-state index is 9.79. The number of rotatable bonds is 7. The van der Waals surface area contributed by atoms with Crippen molar-refractivity contribution in [1.29, 1.82) is 0 Å². The van der Waals surface area contributed by atoms with Crippen LogP contribution in [-0.2, 0) is 4.74 Å². The highest BCUT2D eigenvalue weighted by Gasteiger charge is 2.43. The number of ether oxygens (including phenoxy) is 1. The number of unbranched alkanes of at least 4 members (excludes halogenated alkanes) is 3. The maximum absolute atomic E-state index is 9.79. The van der Waals surface area contributed by atoms with Crippen molar-refractivity contribution in [3.63, 3.8) is 0 Å². The smallest absolute Gasteiger partial charge is 0.132 e. The Morgan fingerprint density at radius 3 is 2.33 bits per heavy atom. The summed E-state index contributed by atoms with van der Waals surface area (Å²) in [6.07, 6.45) is 0.107. The molecule has 0 radical (unpaired) electrons. The molecule has 1 aliphatic rings. The fourth-order valence-electron chi connectivity index (χ4n) is 1.93. The molecule has 1 aliphatic heterocycles. The molecule has 0 spiro atoms. The molecule has 108 valence electrons. The van der Waals surface area contributed by atoms with Gasteiger partial charge in [-0.3, -0.25) is 0 Å².